The Balaban J connectivity index is 3.13. The average molecular weight is 171 g/mol. The van der Waals surface area contributed by atoms with E-state index >= 15 is 0 Å². The van der Waals surface area contributed by atoms with E-state index in [1.54, 1.807) is 12.2 Å². The fraction of sp³-hybridized carbons (Fsp3) is 0.0833. The summed E-state index contributed by atoms with van der Waals surface area (Å²) in [6, 6.07) is 7.88. The van der Waals surface area contributed by atoms with Gasteiger partial charge in [0.15, 0.2) is 0 Å². The molecule has 0 aliphatic heterocycles. The third-order valence-corrected chi connectivity index (χ3v) is 1.75. The number of nitrogens with zero attached hydrogens (tertiary/aromatic N) is 1. The van der Waals surface area contributed by atoms with Crippen molar-refractivity contribution >= 4 is 17.5 Å². The Labute approximate surface area is 79.1 Å². The number of hydrogen-bond donors (Lipinski definition) is 0. The number of para-hydroxylation sites is 1. The summed E-state index contributed by atoms with van der Waals surface area (Å²) in [7, 11) is 0. The third-order valence-electron chi connectivity index (χ3n) is 1.75. The van der Waals surface area contributed by atoms with Gasteiger partial charge in [-0.1, -0.05) is 37.4 Å². The van der Waals surface area contributed by atoms with Gasteiger partial charge < -0.3 is 0 Å². The average Bonchev–Trinajstić information content (AvgIpc) is 2.18. The van der Waals surface area contributed by atoms with Crippen LogP contribution in [-0.4, -0.2) is 5.71 Å². The standard InChI is InChI=1S/C12H13N/c1-4-10(3)13-12-9-7-6-8-11(12)5-2/h4-9H,1-2H2,3H3. The first-order valence-electron chi connectivity index (χ1n) is 4.17. The molecule has 1 nitrogen and oxygen atoms in total. The normalized spacial score (nSPS) is 11.0. The van der Waals surface area contributed by atoms with Gasteiger partial charge in [-0.05, 0) is 24.6 Å². The van der Waals surface area contributed by atoms with Gasteiger partial charge in [-0.3, -0.25) is 4.99 Å². The van der Waals surface area contributed by atoms with Gasteiger partial charge in [-0.2, -0.15) is 0 Å². The zero-order valence-electron chi connectivity index (χ0n) is 7.83. The van der Waals surface area contributed by atoms with Crippen LogP contribution >= 0.6 is 0 Å². The first-order valence-corrected chi connectivity index (χ1v) is 4.17. The van der Waals surface area contributed by atoms with Crippen LogP contribution in [0.5, 0.6) is 0 Å². The number of hydrogen-bond acceptors (Lipinski definition) is 1. The summed E-state index contributed by atoms with van der Waals surface area (Å²) in [4.78, 5) is 4.38. The van der Waals surface area contributed by atoms with Gasteiger partial charge in [0, 0.05) is 5.71 Å². The Hall–Kier alpha value is -1.63. The number of allylic oxidation sites excluding steroid dienone is 1. The van der Waals surface area contributed by atoms with E-state index in [1.165, 1.54) is 0 Å². The van der Waals surface area contributed by atoms with Crippen LogP contribution in [-0.2, 0) is 0 Å². The third kappa shape index (κ3) is 2.41. The second-order valence-corrected chi connectivity index (χ2v) is 2.72. The van der Waals surface area contributed by atoms with Crippen molar-refractivity contribution in [2.45, 2.75) is 6.92 Å². The van der Waals surface area contributed by atoms with Crippen molar-refractivity contribution in [3.05, 3.63) is 49.1 Å². The molecule has 0 aromatic heterocycles. The van der Waals surface area contributed by atoms with Crippen LogP contribution in [0.15, 0.2) is 48.5 Å². The Morgan fingerprint density at radius 1 is 1.31 bits per heavy atom. The lowest BCUT2D eigenvalue weighted by Crippen LogP contribution is -1.82. The summed E-state index contributed by atoms with van der Waals surface area (Å²) in [5, 5.41) is 0. The van der Waals surface area contributed by atoms with Gasteiger partial charge >= 0.3 is 0 Å². The van der Waals surface area contributed by atoms with Gasteiger partial charge in [0.05, 0.1) is 5.69 Å². The molecule has 13 heavy (non-hydrogen) atoms. The molecule has 0 saturated heterocycles. The molecule has 66 valence electrons. The van der Waals surface area contributed by atoms with Crippen molar-refractivity contribution in [2.75, 3.05) is 0 Å². The minimum atomic E-state index is 0.911. The zero-order valence-corrected chi connectivity index (χ0v) is 7.83. The summed E-state index contributed by atoms with van der Waals surface area (Å²) >= 11 is 0. The van der Waals surface area contributed by atoms with Gasteiger partial charge in [0.2, 0.25) is 0 Å². The van der Waals surface area contributed by atoms with Crippen LogP contribution in [0.1, 0.15) is 12.5 Å². The summed E-state index contributed by atoms with van der Waals surface area (Å²) < 4.78 is 0. The lowest BCUT2D eigenvalue weighted by atomic mass is 10.2. The fourth-order valence-corrected chi connectivity index (χ4v) is 0.998. The predicted molar refractivity (Wildman–Crippen MR) is 59.5 cm³/mol. The highest BCUT2D eigenvalue weighted by atomic mass is 14.7. The first-order chi connectivity index (χ1) is 6.27. The van der Waals surface area contributed by atoms with Crippen LogP contribution in [0.3, 0.4) is 0 Å². The van der Waals surface area contributed by atoms with Crippen LogP contribution in [0.25, 0.3) is 6.08 Å². The molecule has 0 bridgehead atoms. The molecule has 0 fully saturated rings. The molecule has 0 aliphatic carbocycles. The van der Waals surface area contributed by atoms with Crippen molar-refractivity contribution in [2.24, 2.45) is 4.99 Å². The molecule has 0 spiro atoms. The lowest BCUT2D eigenvalue weighted by Gasteiger charge is -1.99. The zero-order chi connectivity index (χ0) is 9.68. The van der Waals surface area contributed by atoms with E-state index < -0.39 is 0 Å². The highest BCUT2D eigenvalue weighted by molar-refractivity contribution is 5.94. The molecular formula is C12H13N. The minimum Gasteiger partial charge on any atom is -0.253 e. The maximum absolute atomic E-state index is 4.38. The number of aliphatic imine (C=N–C) groups is 1. The van der Waals surface area contributed by atoms with Crippen LogP contribution < -0.4 is 0 Å². The molecule has 0 radical (unpaired) electrons. The first kappa shape index (κ1) is 9.46. The molecule has 0 atom stereocenters. The Morgan fingerprint density at radius 2 is 2.00 bits per heavy atom. The second-order valence-electron chi connectivity index (χ2n) is 2.72. The molecule has 1 aromatic carbocycles. The van der Waals surface area contributed by atoms with Crippen LogP contribution in [0, 0.1) is 0 Å². The molecule has 0 heterocycles. The molecule has 0 amide bonds. The quantitative estimate of drug-likeness (QED) is 0.616. The Morgan fingerprint density at radius 3 is 2.62 bits per heavy atom. The van der Waals surface area contributed by atoms with Crippen molar-refractivity contribution in [3.63, 3.8) is 0 Å². The van der Waals surface area contributed by atoms with E-state index in [9.17, 15) is 0 Å². The van der Waals surface area contributed by atoms with E-state index in [-0.39, 0.29) is 0 Å². The van der Waals surface area contributed by atoms with E-state index in [2.05, 4.69) is 18.2 Å². The summed E-state index contributed by atoms with van der Waals surface area (Å²) in [5.41, 5.74) is 2.90. The number of benzene rings is 1. The van der Waals surface area contributed by atoms with Crippen LogP contribution in [0.4, 0.5) is 5.69 Å². The van der Waals surface area contributed by atoms with Crippen molar-refractivity contribution in [1.29, 1.82) is 0 Å². The van der Waals surface area contributed by atoms with Crippen LogP contribution in [0.2, 0.25) is 0 Å². The van der Waals surface area contributed by atoms with Gasteiger partial charge in [0.25, 0.3) is 0 Å². The monoisotopic (exact) mass is 171 g/mol. The molecule has 0 aliphatic rings. The van der Waals surface area contributed by atoms with Crippen molar-refractivity contribution in [1.82, 2.24) is 0 Å². The van der Waals surface area contributed by atoms with Crippen molar-refractivity contribution in [3.8, 4) is 0 Å². The number of rotatable bonds is 3. The van der Waals surface area contributed by atoms with Gasteiger partial charge in [0.1, 0.15) is 0 Å². The van der Waals surface area contributed by atoms with Crippen molar-refractivity contribution < 1.29 is 0 Å². The van der Waals surface area contributed by atoms with E-state index in [4.69, 9.17) is 0 Å². The molecule has 0 unspecified atom stereocenters. The fourth-order valence-electron chi connectivity index (χ4n) is 0.998. The maximum Gasteiger partial charge on any atom is 0.0704 e. The Kier molecular flexibility index (Phi) is 3.21. The SMILES string of the molecule is C=CC(C)=Nc1ccccc1C=C. The largest absolute Gasteiger partial charge is 0.253 e. The molecule has 1 aromatic rings. The molecule has 1 heteroatoms. The molecule has 0 N–H and O–H groups in total. The van der Waals surface area contributed by atoms with E-state index in [0.717, 1.165) is 17.0 Å². The van der Waals surface area contributed by atoms with E-state index in [1.807, 2.05) is 31.2 Å². The summed E-state index contributed by atoms with van der Waals surface area (Å²) in [6.45, 7) is 9.31. The second kappa shape index (κ2) is 4.41. The van der Waals surface area contributed by atoms with E-state index in [0.29, 0.717) is 0 Å². The smallest absolute Gasteiger partial charge is 0.0704 e. The highest BCUT2D eigenvalue weighted by Crippen LogP contribution is 2.19. The minimum absolute atomic E-state index is 0.911. The maximum atomic E-state index is 4.38. The molecule has 1 rings (SSSR count). The summed E-state index contributed by atoms with van der Waals surface area (Å²) in [6.07, 6.45) is 3.54. The van der Waals surface area contributed by atoms with Gasteiger partial charge in [-0.25, -0.2) is 0 Å². The van der Waals surface area contributed by atoms with Gasteiger partial charge in [-0.15, -0.1) is 0 Å². The highest BCUT2D eigenvalue weighted by Gasteiger charge is 1.94. The summed E-state index contributed by atoms with van der Waals surface area (Å²) in [5.74, 6) is 0. The predicted octanol–water partition coefficient (Wildman–Crippen LogP) is 3.61. The lowest BCUT2D eigenvalue weighted by molar-refractivity contribution is 1.48. The topological polar surface area (TPSA) is 12.4 Å². The Bertz CT molecular complexity index is 348. The molecule has 0 saturated carbocycles. The molecular weight excluding hydrogens is 158 g/mol.